The molecule has 0 atom stereocenters. The number of nitrogens with zero attached hydrogens (tertiary/aromatic N) is 2. The summed E-state index contributed by atoms with van der Waals surface area (Å²) in [4.78, 5) is 27.2. The van der Waals surface area contributed by atoms with Gasteiger partial charge < -0.3 is 10.5 Å². The molecule has 1 aromatic heterocycles. The van der Waals surface area contributed by atoms with Gasteiger partial charge >= 0.3 is 0 Å². The molecule has 0 bridgehead atoms. The van der Waals surface area contributed by atoms with Crippen LogP contribution in [0.1, 0.15) is 10.4 Å². The number of primary amides is 1. The van der Waals surface area contributed by atoms with E-state index in [4.69, 9.17) is 22.1 Å². The minimum Gasteiger partial charge on any atom is -0.484 e. The molecule has 2 aromatic carbocycles. The molecule has 132 valence electrons. The van der Waals surface area contributed by atoms with E-state index in [1.165, 1.54) is 0 Å². The molecule has 0 unspecified atom stereocenters. The fourth-order valence-corrected chi connectivity index (χ4v) is 2.35. The first-order chi connectivity index (χ1) is 12.5. The zero-order valence-corrected chi connectivity index (χ0v) is 14.2. The van der Waals surface area contributed by atoms with Gasteiger partial charge in [0.2, 0.25) is 5.95 Å². The highest BCUT2D eigenvalue weighted by atomic mass is 35.5. The van der Waals surface area contributed by atoms with Crippen molar-refractivity contribution in [3.05, 3.63) is 59.1 Å². The quantitative estimate of drug-likeness (QED) is 0.613. The van der Waals surface area contributed by atoms with E-state index in [1.807, 2.05) is 12.1 Å². The number of aromatic nitrogens is 3. The van der Waals surface area contributed by atoms with E-state index in [2.05, 4.69) is 20.5 Å². The summed E-state index contributed by atoms with van der Waals surface area (Å²) in [7, 11) is 0. The second-order valence-corrected chi connectivity index (χ2v) is 5.63. The predicted molar refractivity (Wildman–Crippen MR) is 95.9 cm³/mol. The highest BCUT2D eigenvalue weighted by molar-refractivity contribution is 6.33. The van der Waals surface area contributed by atoms with E-state index in [-0.39, 0.29) is 12.6 Å². The highest BCUT2D eigenvalue weighted by Crippen LogP contribution is 2.25. The molecule has 3 rings (SSSR count). The Labute approximate surface area is 153 Å². The van der Waals surface area contributed by atoms with Gasteiger partial charge in [-0.05, 0) is 36.4 Å². The third-order valence-electron chi connectivity index (χ3n) is 3.34. The molecule has 0 aliphatic rings. The minimum absolute atomic E-state index is 0.124. The number of rotatable bonds is 6. The number of benzene rings is 2. The summed E-state index contributed by atoms with van der Waals surface area (Å²) in [6.45, 7) is -0.229. The topological polar surface area (TPSA) is 123 Å². The van der Waals surface area contributed by atoms with Crippen molar-refractivity contribution in [2.24, 2.45) is 5.73 Å². The Morgan fingerprint density at radius 1 is 1.15 bits per heavy atom. The van der Waals surface area contributed by atoms with E-state index in [0.717, 1.165) is 0 Å². The maximum absolute atomic E-state index is 12.3. The van der Waals surface area contributed by atoms with Gasteiger partial charge in [-0.1, -0.05) is 23.7 Å². The number of H-pyrrole nitrogens is 1. The van der Waals surface area contributed by atoms with Gasteiger partial charge in [-0.15, -0.1) is 5.10 Å². The third kappa shape index (κ3) is 4.17. The lowest BCUT2D eigenvalue weighted by molar-refractivity contribution is -0.119. The van der Waals surface area contributed by atoms with Gasteiger partial charge in [0.15, 0.2) is 12.4 Å². The van der Waals surface area contributed by atoms with Gasteiger partial charge in [-0.3, -0.25) is 20.0 Å². The largest absolute Gasteiger partial charge is 0.484 e. The van der Waals surface area contributed by atoms with Crippen molar-refractivity contribution in [2.45, 2.75) is 0 Å². The fraction of sp³-hybridized carbons (Fsp3) is 0.0588. The number of amides is 2. The molecule has 3 aromatic rings. The summed E-state index contributed by atoms with van der Waals surface area (Å²) < 4.78 is 5.14. The molecule has 0 saturated heterocycles. The van der Waals surface area contributed by atoms with Gasteiger partial charge in [0.25, 0.3) is 11.8 Å². The Hall–Kier alpha value is -3.39. The van der Waals surface area contributed by atoms with Crippen LogP contribution in [-0.2, 0) is 4.79 Å². The second-order valence-electron chi connectivity index (χ2n) is 5.22. The minimum atomic E-state index is -0.578. The summed E-state index contributed by atoms with van der Waals surface area (Å²) in [5, 5.41) is 9.80. The number of nitrogens with one attached hydrogen (secondary N) is 2. The molecule has 8 nitrogen and oxygen atoms in total. The first-order valence-corrected chi connectivity index (χ1v) is 7.90. The van der Waals surface area contributed by atoms with Crippen LogP contribution in [0.2, 0.25) is 5.02 Å². The van der Waals surface area contributed by atoms with Crippen LogP contribution in [0.4, 0.5) is 5.95 Å². The van der Waals surface area contributed by atoms with Crippen molar-refractivity contribution in [3.63, 3.8) is 0 Å². The first kappa shape index (κ1) is 17.4. The molecule has 0 aliphatic heterocycles. The van der Waals surface area contributed by atoms with Crippen LogP contribution in [-0.4, -0.2) is 33.6 Å². The molecule has 0 saturated carbocycles. The van der Waals surface area contributed by atoms with E-state index < -0.39 is 11.8 Å². The number of aromatic amines is 1. The first-order valence-electron chi connectivity index (χ1n) is 7.53. The standard InChI is InChI=1S/C17H14ClN5O3/c18-13-4-2-1-3-12(13)15-20-17(23-22-15)21-16(25)10-5-7-11(8-6-10)26-9-14(19)24/h1-8H,9H2,(H2,19,24)(H2,20,21,22,23,25). The van der Waals surface area contributed by atoms with Gasteiger partial charge in [0, 0.05) is 11.1 Å². The maximum atomic E-state index is 12.3. The molecule has 4 N–H and O–H groups in total. The molecular weight excluding hydrogens is 358 g/mol. The Kier molecular flexibility index (Phi) is 5.14. The van der Waals surface area contributed by atoms with Gasteiger partial charge in [-0.2, -0.15) is 4.98 Å². The Morgan fingerprint density at radius 2 is 1.88 bits per heavy atom. The highest BCUT2D eigenvalue weighted by Gasteiger charge is 2.12. The van der Waals surface area contributed by atoms with E-state index in [0.29, 0.717) is 27.7 Å². The number of ether oxygens (including phenoxy) is 1. The van der Waals surface area contributed by atoms with Gasteiger partial charge in [0.1, 0.15) is 5.75 Å². The zero-order chi connectivity index (χ0) is 18.5. The Balaban J connectivity index is 1.67. The number of anilines is 1. The number of hydrogen-bond donors (Lipinski definition) is 3. The van der Waals surface area contributed by atoms with E-state index in [9.17, 15) is 9.59 Å². The SMILES string of the molecule is NC(=O)COc1ccc(C(=O)Nc2n[nH]c(-c3ccccc3Cl)n2)cc1. The summed E-state index contributed by atoms with van der Waals surface area (Å²) in [5.74, 6) is 0.0289. The van der Waals surface area contributed by atoms with Crippen molar-refractivity contribution in [1.29, 1.82) is 0 Å². The lowest BCUT2D eigenvalue weighted by Crippen LogP contribution is -2.20. The average Bonchev–Trinajstić information content (AvgIpc) is 3.09. The van der Waals surface area contributed by atoms with Crippen LogP contribution >= 0.6 is 11.6 Å². The van der Waals surface area contributed by atoms with Crippen LogP contribution in [0, 0.1) is 0 Å². The van der Waals surface area contributed by atoms with Crippen LogP contribution < -0.4 is 15.8 Å². The van der Waals surface area contributed by atoms with Gasteiger partial charge in [-0.25, -0.2) is 0 Å². The molecule has 2 amide bonds. The van der Waals surface area contributed by atoms with E-state index in [1.54, 1.807) is 36.4 Å². The van der Waals surface area contributed by atoms with Crippen LogP contribution in [0.3, 0.4) is 0 Å². The van der Waals surface area contributed by atoms with Crippen molar-refractivity contribution >= 4 is 29.4 Å². The summed E-state index contributed by atoms with van der Waals surface area (Å²) >= 11 is 6.11. The molecule has 1 heterocycles. The monoisotopic (exact) mass is 371 g/mol. The average molecular weight is 372 g/mol. The molecular formula is C17H14ClN5O3. The number of hydrogen-bond acceptors (Lipinski definition) is 5. The lowest BCUT2D eigenvalue weighted by atomic mass is 10.2. The van der Waals surface area contributed by atoms with E-state index >= 15 is 0 Å². The van der Waals surface area contributed by atoms with Crippen LogP contribution in [0.15, 0.2) is 48.5 Å². The fourth-order valence-electron chi connectivity index (χ4n) is 2.12. The van der Waals surface area contributed by atoms with Crippen LogP contribution in [0.5, 0.6) is 5.75 Å². The normalized spacial score (nSPS) is 10.3. The van der Waals surface area contributed by atoms with Crippen molar-refractivity contribution < 1.29 is 14.3 Å². The molecule has 0 spiro atoms. The number of nitrogens with two attached hydrogens (primary N) is 1. The summed E-state index contributed by atoms with van der Waals surface area (Å²) in [5.41, 5.74) is 6.06. The Morgan fingerprint density at radius 3 is 2.58 bits per heavy atom. The van der Waals surface area contributed by atoms with Crippen LogP contribution in [0.25, 0.3) is 11.4 Å². The molecule has 0 fully saturated rings. The number of carbonyl (C=O) groups excluding carboxylic acids is 2. The Bertz CT molecular complexity index is 940. The van der Waals surface area contributed by atoms with Crippen molar-refractivity contribution in [2.75, 3.05) is 11.9 Å². The number of halogens is 1. The number of carbonyl (C=O) groups is 2. The molecule has 0 radical (unpaired) electrons. The smallest absolute Gasteiger partial charge is 0.258 e. The maximum Gasteiger partial charge on any atom is 0.258 e. The van der Waals surface area contributed by atoms with Crippen molar-refractivity contribution in [3.8, 4) is 17.1 Å². The van der Waals surface area contributed by atoms with Crippen molar-refractivity contribution in [1.82, 2.24) is 15.2 Å². The van der Waals surface area contributed by atoms with Gasteiger partial charge in [0.05, 0.1) is 5.02 Å². The summed E-state index contributed by atoms with van der Waals surface area (Å²) in [6, 6.07) is 13.4. The third-order valence-corrected chi connectivity index (χ3v) is 3.67. The lowest BCUT2D eigenvalue weighted by Gasteiger charge is -2.05. The molecule has 26 heavy (non-hydrogen) atoms. The molecule has 0 aliphatic carbocycles. The molecule has 9 heteroatoms. The second kappa shape index (κ2) is 7.66. The predicted octanol–water partition coefficient (Wildman–Crippen LogP) is 2.24. The summed E-state index contributed by atoms with van der Waals surface area (Å²) in [6.07, 6.45) is 0. The zero-order valence-electron chi connectivity index (χ0n) is 13.4.